The highest BCUT2D eigenvalue weighted by Crippen LogP contribution is 2.27. The number of hydrogen-bond acceptors (Lipinski definition) is 4. The van der Waals surface area contributed by atoms with Gasteiger partial charge in [-0.05, 0) is 37.0 Å². The van der Waals surface area contributed by atoms with Crippen LogP contribution < -0.4 is 4.90 Å². The first kappa shape index (κ1) is 19.7. The average Bonchev–Trinajstić information content (AvgIpc) is 3.37. The van der Waals surface area contributed by atoms with Crippen LogP contribution >= 0.6 is 0 Å². The highest BCUT2D eigenvalue weighted by atomic mass is 16.5. The maximum Gasteiger partial charge on any atom is 0.217 e. The van der Waals surface area contributed by atoms with Crippen molar-refractivity contribution >= 4 is 17.4 Å². The van der Waals surface area contributed by atoms with E-state index in [-0.39, 0.29) is 12.1 Å². The molecule has 1 radical (unpaired) electrons. The highest BCUT2D eigenvalue weighted by molar-refractivity contribution is 6.12. The molecule has 2 aliphatic heterocycles. The van der Waals surface area contributed by atoms with E-state index in [0.717, 1.165) is 23.5 Å². The second-order valence-corrected chi connectivity index (χ2v) is 8.74. The number of aliphatic imine (C=N–C) groups is 2. The molecular formula is C25H30N3O. The highest BCUT2D eigenvalue weighted by Gasteiger charge is 2.30. The summed E-state index contributed by atoms with van der Waals surface area (Å²) in [6, 6.07) is 18.8. The van der Waals surface area contributed by atoms with Gasteiger partial charge in [-0.15, -0.1) is 0 Å². The smallest absolute Gasteiger partial charge is 0.217 e. The van der Waals surface area contributed by atoms with Crippen LogP contribution in [0.5, 0.6) is 0 Å². The normalized spacial score (nSPS) is 21.6. The largest absolute Gasteiger partial charge is 0.475 e. The molecule has 151 valence electrons. The molecule has 2 atom stereocenters. The van der Waals surface area contributed by atoms with Gasteiger partial charge >= 0.3 is 0 Å². The van der Waals surface area contributed by atoms with Crippen LogP contribution in [0.1, 0.15) is 44.4 Å². The van der Waals surface area contributed by atoms with Crippen LogP contribution in [0.15, 0.2) is 52.4 Å². The van der Waals surface area contributed by atoms with Crippen molar-refractivity contribution in [2.24, 2.45) is 21.8 Å². The molecule has 2 aromatic rings. The fraction of sp³-hybridized carbons (Fsp3) is 0.440. The van der Waals surface area contributed by atoms with Gasteiger partial charge in [0.05, 0.1) is 12.1 Å². The van der Waals surface area contributed by atoms with Crippen molar-refractivity contribution < 1.29 is 4.74 Å². The fourth-order valence-corrected chi connectivity index (χ4v) is 3.67. The molecule has 2 heterocycles. The van der Waals surface area contributed by atoms with E-state index in [9.17, 15) is 0 Å². The third kappa shape index (κ3) is 4.07. The lowest BCUT2D eigenvalue weighted by atomic mass is 10.1. The lowest BCUT2D eigenvalue weighted by molar-refractivity contribution is 0.292. The molecule has 0 bridgehead atoms. The summed E-state index contributed by atoms with van der Waals surface area (Å²) in [4.78, 5) is 12.2. The van der Waals surface area contributed by atoms with E-state index in [1.165, 1.54) is 11.3 Å². The second-order valence-electron chi connectivity index (χ2n) is 8.74. The van der Waals surface area contributed by atoms with Crippen LogP contribution in [0, 0.1) is 24.8 Å². The lowest BCUT2D eigenvalue weighted by Crippen LogP contribution is -2.31. The van der Waals surface area contributed by atoms with Crippen LogP contribution in [0.25, 0.3) is 0 Å². The molecule has 0 spiro atoms. The molecule has 0 aliphatic carbocycles. The quantitative estimate of drug-likeness (QED) is 0.731. The lowest BCUT2D eigenvalue weighted by Gasteiger charge is -2.22. The third-order valence-electron chi connectivity index (χ3n) is 5.74. The van der Waals surface area contributed by atoms with Gasteiger partial charge in [-0.1, -0.05) is 57.5 Å². The molecule has 0 saturated carbocycles. The Kier molecular flexibility index (Phi) is 5.44. The van der Waals surface area contributed by atoms with Gasteiger partial charge in [-0.25, -0.2) is 4.99 Å². The Labute approximate surface area is 174 Å². The molecule has 4 rings (SSSR count). The van der Waals surface area contributed by atoms with Crippen molar-refractivity contribution in [3.63, 3.8) is 0 Å². The van der Waals surface area contributed by atoms with Crippen molar-refractivity contribution in [2.45, 2.75) is 46.7 Å². The van der Waals surface area contributed by atoms with Gasteiger partial charge in [0.15, 0.2) is 0 Å². The molecule has 0 N–H and O–H groups in total. The third-order valence-corrected chi connectivity index (χ3v) is 5.74. The van der Waals surface area contributed by atoms with Gasteiger partial charge in [-0.2, -0.15) is 0 Å². The minimum absolute atomic E-state index is 0.222. The first-order chi connectivity index (χ1) is 13.9. The second kappa shape index (κ2) is 8.02. The number of ether oxygens (including phenoxy) is 1. The van der Waals surface area contributed by atoms with Crippen molar-refractivity contribution in [2.75, 3.05) is 18.1 Å². The average molecular weight is 389 g/mol. The van der Waals surface area contributed by atoms with Crippen LogP contribution in [0.2, 0.25) is 0 Å². The SMILES string of the molecule is Cc1ccc(N2C[C@H](C(C)C)N=C2c2[c]c(C3=N[C@@H](C(C)C)CO3)ccc2)cc1. The summed E-state index contributed by atoms with van der Waals surface area (Å²) >= 11 is 0. The van der Waals surface area contributed by atoms with E-state index < -0.39 is 0 Å². The van der Waals surface area contributed by atoms with Crippen molar-refractivity contribution in [3.8, 4) is 0 Å². The van der Waals surface area contributed by atoms with E-state index in [1.807, 2.05) is 12.1 Å². The molecule has 0 saturated heterocycles. The first-order valence-electron chi connectivity index (χ1n) is 10.6. The summed E-state index contributed by atoms with van der Waals surface area (Å²) in [5.41, 5.74) is 4.33. The minimum Gasteiger partial charge on any atom is -0.475 e. The molecule has 2 aliphatic rings. The number of rotatable bonds is 5. The molecular weight excluding hydrogens is 358 g/mol. The van der Waals surface area contributed by atoms with Crippen molar-refractivity contribution in [3.05, 3.63) is 65.2 Å². The van der Waals surface area contributed by atoms with Crippen molar-refractivity contribution in [1.82, 2.24) is 0 Å². The Morgan fingerprint density at radius 1 is 0.931 bits per heavy atom. The van der Waals surface area contributed by atoms with E-state index in [1.54, 1.807) is 0 Å². The fourth-order valence-electron chi connectivity index (χ4n) is 3.67. The van der Waals surface area contributed by atoms with Crippen molar-refractivity contribution in [1.29, 1.82) is 0 Å². The summed E-state index contributed by atoms with van der Waals surface area (Å²) in [7, 11) is 0. The van der Waals surface area contributed by atoms with Gasteiger partial charge < -0.3 is 9.64 Å². The molecule has 4 heteroatoms. The van der Waals surface area contributed by atoms with E-state index in [0.29, 0.717) is 24.3 Å². The van der Waals surface area contributed by atoms with Gasteiger partial charge in [0.25, 0.3) is 0 Å². The van der Waals surface area contributed by atoms with Gasteiger partial charge in [0.2, 0.25) is 5.90 Å². The molecule has 29 heavy (non-hydrogen) atoms. The summed E-state index contributed by atoms with van der Waals surface area (Å²) in [5.74, 6) is 2.64. The van der Waals surface area contributed by atoms with Crippen LogP contribution in [0.3, 0.4) is 0 Å². The zero-order chi connectivity index (χ0) is 20.5. The Balaban J connectivity index is 1.68. The summed E-state index contributed by atoms with van der Waals surface area (Å²) in [6.45, 7) is 12.5. The Hall–Kier alpha value is -2.62. The zero-order valence-electron chi connectivity index (χ0n) is 18.0. The molecule has 0 fully saturated rings. The Bertz CT molecular complexity index is 927. The molecule has 2 aromatic carbocycles. The molecule has 0 unspecified atom stereocenters. The minimum atomic E-state index is 0.222. The summed E-state index contributed by atoms with van der Waals surface area (Å²) < 4.78 is 5.88. The molecule has 0 aromatic heterocycles. The maximum absolute atomic E-state index is 5.88. The van der Waals surface area contributed by atoms with Gasteiger partial charge in [-0.3, -0.25) is 4.99 Å². The van der Waals surface area contributed by atoms with Crippen LogP contribution in [0.4, 0.5) is 5.69 Å². The van der Waals surface area contributed by atoms with Gasteiger partial charge in [0.1, 0.15) is 12.4 Å². The Morgan fingerprint density at radius 3 is 2.28 bits per heavy atom. The topological polar surface area (TPSA) is 37.2 Å². The predicted octanol–water partition coefficient (Wildman–Crippen LogP) is 4.89. The number of benzene rings is 2. The summed E-state index contributed by atoms with van der Waals surface area (Å²) in [5, 5.41) is 0. The number of nitrogens with zero attached hydrogens (tertiary/aromatic N) is 3. The summed E-state index contributed by atoms with van der Waals surface area (Å²) in [6.07, 6.45) is 0. The van der Waals surface area contributed by atoms with Crippen LogP contribution in [-0.4, -0.2) is 37.0 Å². The number of hydrogen-bond donors (Lipinski definition) is 0. The number of amidine groups is 1. The number of aryl methyl sites for hydroxylation is 1. The predicted molar refractivity (Wildman–Crippen MR) is 120 cm³/mol. The monoisotopic (exact) mass is 388 g/mol. The zero-order valence-corrected chi connectivity index (χ0v) is 18.0. The van der Waals surface area contributed by atoms with E-state index in [4.69, 9.17) is 14.7 Å². The molecule has 4 nitrogen and oxygen atoms in total. The molecule has 0 amide bonds. The maximum atomic E-state index is 5.88. The first-order valence-corrected chi connectivity index (χ1v) is 10.6. The Morgan fingerprint density at radius 2 is 1.62 bits per heavy atom. The van der Waals surface area contributed by atoms with Crippen LogP contribution in [-0.2, 0) is 4.74 Å². The number of anilines is 1. The van der Waals surface area contributed by atoms with E-state index >= 15 is 0 Å². The van der Waals surface area contributed by atoms with E-state index in [2.05, 4.69) is 75.9 Å². The van der Waals surface area contributed by atoms with Gasteiger partial charge in [0, 0.05) is 29.4 Å². The standard InChI is InChI=1S/C25H30N3O/c1-16(2)22-14-28(21-11-9-18(5)10-12-21)24(26-22)19-7-6-8-20(13-19)25-27-23(15-29-25)17(3)4/h6-12,16-17,22-23H,14-15H2,1-5H3/t22-,23-/m1/s1.